The van der Waals surface area contributed by atoms with E-state index in [9.17, 15) is 4.79 Å². The van der Waals surface area contributed by atoms with Crippen molar-refractivity contribution in [3.63, 3.8) is 0 Å². The van der Waals surface area contributed by atoms with Gasteiger partial charge in [0.2, 0.25) is 0 Å². The first-order valence-corrected chi connectivity index (χ1v) is 7.53. The van der Waals surface area contributed by atoms with Crippen LogP contribution in [0.1, 0.15) is 26.2 Å². The fourth-order valence-corrected chi connectivity index (χ4v) is 2.94. The van der Waals surface area contributed by atoms with Crippen LogP contribution in [0.2, 0.25) is 10.0 Å². The molecule has 1 aromatic rings. The summed E-state index contributed by atoms with van der Waals surface area (Å²) in [5.41, 5.74) is 6.41. The van der Waals surface area contributed by atoms with E-state index in [-0.39, 0.29) is 18.1 Å². The predicted molar refractivity (Wildman–Crippen MR) is 83.5 cm³/mol. The summed E-state index contributed by atoms with van der Waals surface area (Å²) in [6, 6.07) is 5.21. The maximum Gasteiger partial charge on any atom is 0.322 e. The Bertz CT molecular complexity index is 495. The number of rotatable bonds is 2. The molecule has 1 aliphatic rings. The second-order valence-corrected chi connectivity index (χ2v) is 5.95. The number of likely N-dealkylation sites (tertiary alicyclic amines) is 1. The number of benzene rings is 1. The van der Waals surface area contributed by atoms with Gasteiger partial charge in [-0.25, -0.2) is 4.79 Å². The van der Waals surface area contributed by atoms with E-state index < -0.39 is 0 Å². The van der Waals surface area contributed by atoms with Gasteiger partial charge in [-0.15, -0.1) is 0 Å². The quantitative estimate of drug-likeness (QED) is 0.873. The number of piperidine rings is 1. The molecule has 0 aromatic heterocycles. The molecule has 0 bridgehead atoms. The van der Waals surface area contributed by atoms with Gasteiger partial charge in [0.1, 0.15) is 0 Å². The molecule has 110 valence electrons. The molecule has 3 N–H and O–H groups in total. The van der Waals surface area contributed by atoms with Crippen molar-refractivity contribution in [3.05, 3.63) is 28.2 Å². The lowest BCUT2D eigenvalue weighted by Crippen LogP contribution is -2.53. The van der Waals surface area contributed by atoms with E-state index in [1.807, 2.05) is 4.90 Å². The van der Waals surface area contributed by atoms with Crippen LogP contribution in [0.15, 0.2) is 18.2 Å². The van der Waals surface area contributed by atoms with Crippen molar-refractivity contribution in [3.8, 4) is 0 Å². The van der Waals surface area contributed by atoms with Crippen molar-refractivity contribution in [2.24, 2.45) is 5.73 Å². The molecule has 2 atom stereocenters. The number of anilines is 1. The molecule has 1 fully saturated rings. The van der Waals surface area contributed by atoms with Crippen molar-refractivity contribution in [2.75, 3.05) is 11.9 Å². The van der Waals surface area contributed by atoms with Crippen molar-refractivity contribution in [1.82, 2.24) is 4.90 Å². The summed E-state index contributed by atoms with van der Waals surface area (Å²) in [6.07, 6.45) is 3.07. The van der Waals surface area contributed by atoms with Gasteiger partial charge in [-0.3, -0.25) is 0 Å². The summed E-state index contributed by atoms with van der Waals surface area (Å²) >= 11 is 11.8. The van der Waals surface area contributed by atoms with E-state index in [0.29, 0.717) is 22.3 Å². The minimum absolute atomic E-state index is 0.0986. The molecule has 6 heteroatoms. The fraction of sp³-hybridized carbons (Fsp3) is 0.500. The van der Waals surface area contributed by atoms with Crippen LogP contribution < -0.4 is 11.1 Å². The van der Waals surface area contributed by atoms with Gasteiger partial charge in [0.05, 0.1) is 10.0 Å². The van der Waals surface area contributed by atoms with E-state index in [0.717, 1.165) is 19.3 Å². The monoisotopic (exact) mass is 315 g/mol. The molecular weight excluding hydrogens is 297 g/mol. The number of urea groups is 1. The highest BCUT2D eigenvalue weighted by Crippen LogP contribution is 2.27. The molecule has 2 rings (SSSR count). The van der Waals surface area contributed by atoms with Gasteiger partial charge in [0, 0.05) is 24.3 Å². The van der Waals surface area contributed by atoms with Crippen LogP contribution >= 0.6 is 23.2 Å². The van der Waals surface area contributed by atoms with Crippen molar-refractivity contribution < 1.29 is 4.79 Å². The Morgan fingerprint density at radius 1 is 1.40 bits per heavy atom. The lowest BCUT2D eigenvalue weighted by atomic mass is 9.97. The average molecular weight is 316 g/mol. The number of halogens is 2. The molecular formula is C14H19Cl2N3O. The molecule has 0 spiro atoms. The first-order chi connectivity index (χ1) is 9.52. The molecule has 20 heavy (non-hydrogen) atoms. The van der Waals surface area contributed by atoms with Crippen LogP contribution in [-0.2, 0) is 0 Å². The highest BCUT2D eigenvalue weighted by Gasteiger charge is 2.30. The van der Waals surface area contributed by atoms with Gasteiger partial charge in [-0.2, -0.15) is 0 Å². The molecule has 1 saturated heterocycles. The minimum atomic E-state index is -0.133. The molecule has 1 aromatic carbocycles. The Labute approximate surface area is 129 Å². The minimum Gasteiger partial charge on any atom is -0.328 e. The zero-order valence-corrected chi connectivity index (χ0v) is 12.9. The number of nitrogens with zero attached hydrogens (tertiary/aromatic N) is 1. The topological polar surface area (TPSA) is 58.4 Å². The number of carbonyl (C=O) groups is 1. The average Bonchev–Trinajstić information content (AvgIpc) is 2.42. The predicted octanol–water partition coefficient (Wildman–Crippen LogP) is 3.73. The van der Waals surface area contributed by atoms with Gasteiger partial charge in [-0.1, -0.05) is 23.2 Å². The zero-order chi connectivity index (χ0) is 14.7. The number of hydrogen-bond acceptors (Lipinski definition) is 2. The maximum atomic E-state index is 12.4. The van der Waals surface area contributed by atoms with Gasteiger partial charge in [0.15, 0.2) is 0 Å². The van der Waals surface area contributed by atoms with Gasteiger partial charge in [0.25, 0.3) is 0 Å². The van der Waals surface area contributed by atoms with E-state index in [2.05, 4.69) is 12.2 Å². The second-order valence-electron chi connectivity index (χ2n) is 5.14. The summed E-state index contributed by atoms with van der Waals surface area (Å²) in [5, 5.41) is 3.75. The Balaban J connectivity index is 2.11. The third-order valence-corrected chi connectivity index (χ3v) is 4.44. The Hall–Kier alpha value is -0.970. The lowest BCUT2D eigenvalue weighted by molar-refractivity contribution is 0.128. The van der Waals surface area contributed by atoms with Gasteiger partial charge >= 0.3 is 6.03 Å². The van der Waals surface area contributed by atoms with Crippen LogP contribution in [-0.4, -0.2) is 29.6 Å². The van der Waals surface area contributed by atoms with Gasteiger partial charge < -0.3 is 16.0 Å². The molecule has 4 nitrogen and oxygen atoms in total. The van der Waals surface area contributed by atoms with Gasteiger partial charge in [-0.05, 0) is 44.4 Å². The first-order valence-electron chi connectivity index (χ1n) is 6.77. The maximum absolute atomic E-state index is 12.4. The largest absolute Gasteiger partial charge is 0.328 e. The van der Waals surface area contributed by atoms with E-state index >= 15 is 0 Å². The zero-order valence-electron chi connectivity index (χ0n) is 11.4. The number of carbonyl (C=O) groups excluding carboxylic acids is 1. The SMILES string of the molecule is CC1CCCC(CN)N1C(=O)Nc1ccc(Cl)c(Cl)c1. The van der Waals surface area contributed by atoms with Crippen LogP contribution in [0.3, 0.4) is 0 Å². The third-order valence-electron chi connectivity index (χ3n) is 3.70. The highest BCUT2D eigenvalue weighted by atomic mass is 35.5. The molecule has 0 aliphatic carbocycles. The van der Waals surface area contributed by atoms with Crippen molar-refractivity contribution in [1.29, 1.82) is 0 Å². The third kappa shape index (κ3) is 3.37. The fourth-order valence-electron chi connectivity index (χ4n) is 2.65. The molecule has 1 heterocycles. The van der Waals surface area contributed by atoms with Crippen LogP contribution in [0.5, 0.6) is 0 Å². The van der Waals surface area contributed by atoms with Crippen LogP contribution in [0.25, 0.3) is 0 Å². The van der Waals surface area contributed by atoms with Crippen molar-refractivity contribution in [2.45, 2.75) is 38.3 Å². The van der Waals surface area contributed by atoms with Crippen LogP contribution in [0, 0.1) is 0 Å². The van der Waals surface area contributed by atoms with E-state index in [1.165, 1.54) is 0 Å². The molecule has 0 radical (unpaired) electrons. The summed E-state index contributed by atoms with van der Waals surface area (Å²) in [5.74, 6) is 0. The second kappa shape index (κ2) is 6.66. The number of amides is 2. The normalized spacial score (nSPS) is 22.7. The summed E-state index contributed by atoms with van der Waals surface area (Å²) < 4.78 is 0. The summed E-state index contributed by atoms with van der Waals surface area (Å²) in [4.78, 5) is 14.3. The summed E-state index contributed by atoms with van der Waals surface area (Å²) in [7, 11) is 0. The molecule has 1 aliphatic heterocycles. The Kier molecular flexibility index (Phi) is 5.13. The summed E-state index contributed by atoms with van der Waals surface area (Å²) in [6.45, 7) is 2.54. The first kappa shape index (κ1) is 15.4. The number of hydrogen-bond donors (Lipinski definition) is 2. The van der Waals surface area contributed by atoms with E-state index in [4.69, 9.17) is 28.9 Å². The molecule has 2 unspecified atom stereocenters. The molecule has 2 amide bonds. The Morgan fingerprint density at radius 3 is 2.80 bits per heavy atom. The number of nitrogens with two attached hydrogens (primary N) is 1. The lowest BCUT2D eigenvalue weighted by Gasteiger charge is -2.40. The smallest absolute Gasteiger partial charge is 0.322 e. The van der Waals surface area contributed by atoms with Crippen LogP contribution in [0.4, 0.5) is 10.5 Å². The van der Waals surface area contributed by atoms with Crippen molar-refractivity contribution >= 4 is 34.9 Å². The molecule has 0 saturated carbocycles. The number of nitrogens with one attached hydrogen (secondary N) is 1. The van der Waals surface area contributed by atoms with E-state index in [1.54, 1.807) is 18.2 Å². The Morgan fingerprint density at radius 2 is 2.15 bits per heavy atom. The standard InChI is InChI=1S/C14H19Cl2N3O/c1-9-3-2-4-11(8-17)19(9)14(20)18-10-5-6-12(15)13(16)7-10/h5-7,9,11H,2-4,8,17H2,1H3,(H,18,20). The highest BCUT2D eigenvalue weighted by molar-refractivity contribution is 6.42.